The minimum atomic E-state index is -4.55. The number of carbonyl (C=O) groups is 1. The molecule has 0 unspecified atom stereocenters. The number of nitrogens with zero attached hydrogens (tertiary/aromatic N) is 4. The first-order valence-corrected chi connectivity index (χ1v) is 10.1. The second-order valence-corrected chi connectivity index (χ2v) is 7.83. The lowest BCUT2D eigenvalue weighted by molar-refractivity contribution is -0.141. The van der Waals surface area contributed by atoms with E-state index < -0.39 is 23.3 Å². The molecule has 30 heavy (non-hydrogen) atoms. The molecule has 0 spiro atoms. The number of methoxy groups -OCH3 is 1. The molecule has 0 bridgehead atoms. The molecule has 0 radical (unpaired) electrons. The number of nitrogens with one attached hydrogen (secondary N) is 1. The summed E-state index contributed by atoms with van der Waals surface area (Å²) in [6.45, 7) is 2.03. The van der Waals surface area contributed by atoms with Gasteiger partial charge in [-0.3, -0.25) is 14.3 Å². The predicted molar refractivity (Wildman–Crippen MR) is 102 cm³/mol. The number of amides is 1. The van der Waals surface area contributed by atoms with E-state index in [2.05, 4.69) is 15.4 Å². The summed E-state index contributed by atoms with van der Waals surface area (Å²) < 4.78 is 46.9. The van der Waals surface area contributed by atoms with E-state index in [1.54, 1.807) is 6.92 Å². The summed E-state index contributed by atoms with van der Waals surface area (Å²) in [7, 11) is 1.38. The molecular weight excluding hydrogens is 423 g/mol. The molecule has 0 aliphatic heterocycles. The van der Waals surface area contributed by atoms with Crippen molar-refractivity contribution in [3.63, 3.8) is 0 Å². The normalized spacial score (nSPS) is 14.3. The number of hydrogen-bond acceptors (Lipinski definition) is 6. The zero-order valence-corrected chi connectivity index (χ0v) is 16.9. The summed E-state index contributed by atoms with van der Waals surface area (Å²) in [5, 5.41) is 6.54. The Bertz CT molecular complexity index is 1180. The molecule has 1 amide bonds. The lowest BCUT2D eigenvalue weighted by Crippen LogP contribution is -2.28. The van der Waals surface area contributed by atoms with Crippen molar-refractivity contribution >= 4 is 22.2 Å². The second kappa shape index (κ2) is 7.42. The lowest BCUT2D eigenvalue weighted by atomic mass is 10.2. The van der Waals surface area contributed by atoms with Gasteiger partial charge in [0, 0.05) is 24.2 Å². The van der Waals surface area contributed by atoms with Crippen LogP contribution in [0.15, 0.2) is 16.9 Å². The van der Waals surface area contributed by atoms with Crippen molar-refractivity contribution in [1.29, 1.82) is 0 Å². The highest BCUT2D eigenvalue weighted by Crippen LogP contribution is 2.42. The van der Waals surface area contributed by atoms with Crippen LogP contribution in [0.25, 0.3) is 4.96 Å². The molecule has 1 aliphatic rings. The van der Waals surface area contributed by atoms with Crippen LogP contribution in [0.3, 0.4) is 0 Å². The number of ether oxygens (including phenoxy) is 1. The van der Waals surface area contributed by atoms with Gasteiger partial charge in [-0.15, -0.1) is 0 Å². The Hall–Kier alpha value is -2.89. The summed E-state index contributed by atoms with van der Waals surface area (Å²) >= 11 is 1.01. The SMILES string of the molecule is CCNC(=O)c1c(OC)sc2nc(Cn3nc(C(F)(F)F)cc3C3CC3)cc(=O)n12. The van der Waals surface area contributed by atoms with Gasteiger partial charge in [-0.2, -0.15) is 18.3 Å². The molecular formula is C18H18F3N5O3S. The van der Waals surface area contributed by atoms with Crippen molar-refractivity contribution in [3.05, 3.63) is 45.3 Å². The minimum absolute atomic E-state index is 0.0320. The molecule has 8 nitrogen and oxygen atoms in total. The molecule has 160 valence electrons. The third kappa shape index (κ3) is 3.66. The molecule has 4 rings (SSSR count). The minimum Gasteiger partial charge on any atom is -0.485 e. The number of halogens is 3. The number of hydrogen-bond donors (Lipinski definition) is 1. The smallest absolute Gasteiger partial charge is 0.435 e. The van der Waals surface area contributed by atoms with Crippen LogP contribution in [0.1, 0.15) is 53.3 Å². The quantitative estimate of drug-likeness (QED) is 0.635. The molecule has 12 heteroatoms. The Kier molecular flexibility index (Phi) is 5.04. The van der Waals surface area contributed by atoms with E-state index in [1.165, 1.54) is 17.9 Å². The molecule has 1 aliphatic carbocycles. The molecule has 1 N–H and O–H groups in total. The summed E-state index contributed by atoms with van der Waals surface area (Å²) in [5.74, 6) is -0.445. The number of aromatic nitrogens is 4. The lowest BCUT2D eigenvalue weighted by Gasteiger charge is -2.07. The summed E-state index contributed by atoms with van der Waals surface area (Å²) in [4.78, 5) is 29.7. The van der Waals surface area contributed by atoms with Crippen LogP contribution in [-0.2, 0) is 12.7 Å². The van der Waals surface area contributed by atoms with E-state index >= 15 is 0 Å². The third-order valence-electron chi connectivity index (χ3n) is 4.69. The van der Waals surface area contributed by atoms with Crippen molar-refractivity contribution in [2.75, 3.05) is 13.7 Å². The second-order valence-electron chi connectivity index (χ2n) is 6.89. The largest absolute Gasteiger partial charge is 0.485 e. The molecule has 3 aromatic rings. The monoisotopic (exact) mass is 441 g/mol. The van der Waals surface area contributed by atoms with Gasteiger partial charge < -0.3 is 10.1 Å². The van der Waals surface area contributed by atoms with Crippen molar-refractivity contribution in [1.82, 2.24) is 24.5 Å². The van der Waals surface area contributed by atoms with Gasteiger partial charge in [0.2, 0.25) is 10.0 Å². The number of rotatable bonds is 6. The average Bonchev–Trinajstić information content (AvgIpc) is 3.30. The fourth-order valence-electron chi connectivity index (χ4n) is 3.22. The molecule has 1 fully saturated rings. The van der Waals surface area contributed by atoms with Crippen LogP contribution in [0.5, 0.6) is 5.06 Å². The highest BCUT2D eigenvalue weighted by atomic mass is 32.1. The third-order valence-corrected chi connectivity index (χ3v) is 5.69. The van der Waals surface area contributed by atoms with E-state index in [-0.39, 0.29) is 33.9 Å². The first-order valence-electron chi connectivity index (χ1n) is 9.25. The first-order chi connectivity index (χ1) is 14.2. The molecule has 1 saturated carbocycles. The van der Waals surface area contributed by atoms with Gasteiger partial charge in [0.05, 0.1) is 19.3 Å². The Morgan fingerprint density at radius 3 is 2.70 bits per heavy atom. The molecule has 0 atom stereocenters. The first kappa shape index (κ1) is 20.4. The van der Waals surface area contributed by atoms with E-state index in [4.69, 9.17) is 4.74 Å². The maximum Gasteiger partial charge on any atom is 0.435 e. The van der Waals surface area contributed by atoms with Crippen molar-refractivity contribution < 1.29 is 22.7 Å². The Balaban J connectivity index is 1.76. The van der Waals surface area contributed by atoms with Gasteiger partial charge >= 0.3 is 6.18 Å². The van der Waals surface area contributed by atoms with Crippen LogP contribution < -0.4 is 15.6 Å². The maximum absolute atomic E-state index is 13.1. The van der Waals surface area contributed by atoms with Crippen LogP contribution >= 0.6 is 11.3 Å². The molecule has 0 aromatic carbocycles. The average molecular weight is 441 g/mol. The van der Waals surface area contributed by atoms with E-state index in [1.807, 2.05) is 0 Å². The van der Waals surface area contributed by atoms with Crippen molar-refractivity contribution in [2.24, 2.45) is 0 Å². The molecule has 0 saturated heterocycles. The van der Waals surface area contributed by atoms with Crippen molar-refractivity contribution in [3.8, 4) is 5.06 Å². The zero-order valence-electron chi connectivity index (χ0n) is 16.1. The predicted octanol–water partition coefficient (Wildman–Crippen LogP) is 2.66. The molecule has 3 aromatic heterocycles. The number of carbonyl (C=O) groups excluding carboxylic acids is 1. The topological polar surface area (TPSA) is 90.5 Å². The highest BCUT2D eigenvalue weighted by Gasteiger charge is 2.38. The summed E-state index contributed by atoms with van der Waals surface area (Å²) in [5.41, 5.74) is -0.702. The summed E-state index contributed by atoms with van der Waals surface area (Å²) in [6.07, 6.45) is -2.94. The Morgan fingerprint density at radius 2 is 2.10 bits per heavy atom. The fraction of sp³-hybridized carbons (Fsp3) is 0.444. The van der Waals surface area contributed by atoms with Gasteiger partial charge in [-0.1, -0.05) is 11.3 Å². The number of fused-ring (bicyclic) bond motifs is 1. The zero-order chi connectivity index (χ0) is 21.6. The fourth-order valence-corrected chi connectivity index (χ4v) is 4.18. The van der Waals surface area contributed by atoms with E-state index in [0.717, 1.165) is 34.6 Å². The number of thiazole rings is 1. The van der Waals surface area contributed by atoms with Gasteiger partial charge in [0.15, 0.2) is 11.4 Å². The van der Waals surface area contributed by atoms with Crippen LogP contribution in [0.4, 0.5) is 13.2 Å². The van der Waals surface area contributed by atoms with Crippen molar-refractivity contribution in [2.45, 2.75) is 38.4 Å². The van der Waals surface area contributed by atoms with Crippen LogP contribution in [0, 0.1) is 0 Å². The maximum atomic E-state index is 13.1. The van der Waals surface area contributed by atoms with Gasteiger partial charge in [-0.05, 0) is 25.8 Å². The molecule has 3 heterocycles. The van der Waals surface area contributed by atoms with Gasteiger partial charge in [-0.25, -0.2) is 9.38 Å². The highest BCUT2D eigenvalue weighted by molar-refractivity contribution is 7.19. The van der Waals surface area contributed by atoms with E-state index in [9.17, 15) is 22.8 Å². The Labute approximate surface area is 172 Å². The van der Waals surface area contributed by atoms with Gasteiger partial charge in [0.25, 0.3) is 11.5 Å². The summed E-state index contributed by atoms with van der Waals surface area (Å²) in [6, 6.07) is 2.26. The van der Waals surface area contributed by atoms with E-state index in [0.29, 0.717) is 12.2 Å². The van der Waals surface area contributed by atoms with Crippen LogP contribution in [0.2, 0.25) is 0 Å². The van der Waals surface area contributed by atoms with Crippen LogP contribution in [-0.4, -0.2) is 38.7 Å². The Morgan fingerprint density at radius 1 is 1.37 bits per heavy atom. The standard InChI is InChI=1S/C18H18F3N5O3S/c1-3-22-15(28)14-16(29-2)30-17-23-10(6-13(27)26(14)17)8-25-11(9-4-5-9)7-12(24-25)18(19,20)21/h6-7,9H,3-5,8H2,1-2H3,(H,22,28). The number of alkyl halides is 3. The van der Waals surface area contributed by atoms with Gasteiger partial charge in [0.1, 0.15) is 0 Å².